The molecule has 1 heterocycles. The van der Waals surface area contributed by atoms with Crippen molar-refractivity contribution in [3.05, 3.63) is 90.4 Å². The van der Waals surface area contributed by atoms with E-state index in [-0.39, 0.29) is 5.56 Å². The normalized spacial score (nSPS) is 10.7. The fraction of sp³-hybridized carbons (Fsp3) is 0. The summed E-state index contributed by atoms with van der Waals surface area (Å²) < 4.78 is 18.5. The molecule has 3 aromatic carbocycles. The average Bonchev–Trinajstić information content (AvgIpc) is 2.68. The largest absolute Gasteiger partial charge is 0.422 e. The molecule has 0 radical (unpaired) electrons. The van der Waals surface area contributed by atoms with Gasteiger partial charge in [0.2, 0.25) is 0 Å². The molecule has 5 heteroatoms. The van der Waals surface area contributed by atoms with E-state index in [9.17, 15) is 9.18 Å². The first kappa shape index (κ1) is 15.9. The Morgan fingerprint density at radius 1 is 0.846 bits per heavy atom. The first-order valence-corrected chi connectivity index (χ1v) is 8.00. The summed E-state index contributed by atoms with van der Waals surface area (Å²) in [7, 11) is 0. The van der Waals surface area contributed by atoms with Crippen LogP contribution in [0.25, 0.3) is 22.3 Å². The van der Waals surface area contributed by atoms with E-state index in [0.29, 0.717) is 17.0 Å². The number of rotatable bonds is 3. The molecule has 126 valence electrons. The molecular weight excluding hydrogens is 331 g/mol. The zero-order valence-electron chi connectivity index (χ0n) is 13.6. The number of benzene rings is 3. The van der Waals surface area contributed by atoms with Gasteiger partial charge in [0.25, 0.3) is 0 Å². The number of ether oxygens (including phenoxy) is 1. The molecule has 0 fully saturated rings. The molecule has 4 aromatic rings. The number of hydrogen-bond acceptors (Lipinski definition) is 4. The average molecular weight is 344 g/mol. The van der Waals surface area contributed by atoms with Gasteiger partial charge in [0.05, 0.1) is 28.5 Å². The van der Waals surface area contributed by atoms with Crippen LogP contribution in [0.2, 0.25) is 0 Å². The number of hydrogen-bond donors (Lipinski definition) is 0. The predicted octanol–water partition coefficient (Wildman–Crippen LogP) is 4.66. The molecule has 0 saturated carbocycles. The lowest BCUT2D eigenvalue weighted by atomic mass is 10.1. The molecule has 0 saturated heterocycles. The molecule has 0 N–H and O–H groups in total. The molecule has 0 amide bonds. The Hall–Kier alpha value is -3.60. The van der Waals surface area contributed by atoms with E-state index >= 15 is 0 Å². The molecule has 1 aromatic heterocycles. The van der Waals surface area contributed by atoms with Crippen molar-refractivity contribution in [3.63, 3.8) is 0 Å². The Kier molecular flexibility index (Phi) is 4.11. The summed E-state index contributed by atoms with van der Waals surface area (Å²) in [6, 6.07) is 19.9. The Bertz CT molecular complexity index is 1090. The number of aromatic nitrogens is 2. The Morgan fingerprint density at radius 3 is 2.35 bits per heavy atom. The third kappa shape index (κ3) is 3.15. The number of nitrogens with zero attached hydrogens (tertiary/aromatic N) is 2. The minimum atomic E-state index is -0.564. The maximum atomic E-state index is 13.0. The van der Waals surface area contributed by atoms with Gasteiger partial charge in [-0.25, -0.2) is 14.2 Å². The van der Waals surface area contributed by atoms with Gasteiger partial charge in [-0.2, -0.15) is 0 Å². The molecule has 0 unspecified atom stereocenters. The second-order valence-corrected chi connectivity index (χ2v) is 5.64. The van der Waals surface area contributed by atoms with Crippen LogP contribution in [0.3, 0.4) is 0 Å². The molecule has 4 rings (SSSR count). The van der Waals surface area contributed by atoms with Gasteiger partial charge < -0.3 is 4.74 Å². The SMILES string of the molecule is O=C(Oc1ccccc1-c1cnc2ccccc2n1)c1ccc(F)cc1. The van der Waals surface area contributed by atoms with Crippen molar-refractivity contribution in [1.29, 1.82) is 0 Å². The standard InChI is InChI=1S/C21H13FN2O2/c22-15-11-9-14(10-12-15)21(25)26-20-8-4-1-5-16(20)19-13-23-17-6-2-3-7-18(17)24-19/h1-13H. The van der Waals surface area contributed by atoms with Crippen molar-refractivity contribution in [2.45, 2.75) is 0 Å². The number of carbonyl (C=O) groups excluding carboxylic acids is 1. The van der Waals surface area contributed by atoms with E-state index in [2.05, 4.69) is 9.97 Å². The van der Waals surface area contributed by atoms with Crippen molar-refractivity contribution in [2.75, 3.05) is 0 Å². The summed E-state index contributed by atoms with van der Waals surface area (Å²) in [5.41, 5.74) is 3.07. The maximum Gasteiger partial charge on any atom is 0.343 e. The van der Waals surface area contributed by atoms with Crippen LogP contribution in [-0.2, 0) is 0 Å². The van der Waals surface area contributed by atoms with E-state index < -0.39 is 11.8 Å². The van der Waals surface area contributed by atoms with Crippen molar-refractivity contribution >= 4 is 17.0 Å². The van der Waals surface area contributed by atoms with Gasteiger partial charge in [0.1, 0.15) is 11.6 Å². The number of esters is 1. The van der Waals surface area contributed by atoms with Gasteiger partial charge in [-0.1, -0.05) is 24.3 Å². The second kappa shape index (κ2) is 6.72. The van der Waals surface area contributed by atoms with E-state index in [1.807, 2.05) is 36.4 Å². The van der Waals surface area contributed by atoms with E-state index in [1.165, 1.54) is 24.3 Å². The highest BCUT2D eigenvalue weighted by molar-refractivity contribution is 5.92. The van der Waals surface area contributed by atoms with Crippen molar-refractivity contribution < 1.29 is 13.9 Å². The van der Waals surface area contributed by atoms with Crippen LogP contribution in [0.5, 0.6) is 5.75 Å². The second-order valence-electron chi connectivity index (χ2n) is 5.64. The minimum Gasteiger partial charge on any atom is -0.422 e. The summed E-state index contributed by atoms with van der Waals surface area (Å²) in [6.07, 6.45) is 1.65. The third-order valence-corrected chi connectivity index (χ3v) is 3.89. The van der Waals surface area contributed by atoms with Crippen molar-refractivity contribution in [1.82, 2.24) is 9.97 Å². The number of para-hydroxylation sites is 3. The Labute approximate surface area is 148 Å². The van der Waals surface area contributed by atoms with Gasteiger partial charge in [-0.15, -0.1) is 0 Å². The Morgan fingerprint density at radius 2 is 1.54 bits per heavy atom. The van der Waals surface area contributed by atoms with Crippen LogP contribution in [0.4, 0.5) is 4.39 Å². The van der Waals surface area contributed by atoms with E-state index in [1.54, 1.807) is 18.3 Å². The van der Waals surface area contributed by atoms with Crippen molar-refractivity contribution in [3.8, 4) is 17.0 Å². The first-order chi connectivity index (χ1) is 12.7. The van der Waals surface area contributed by atoms with Crippen LogP contribution in [-0.4, -0.2) is 15.9 Å². The summed E-state index contributed by atoms with van der Waals surface area (Å²) in [4.78, 5) is 21.3. The van der Waals surface area contributed by atoms with Crippen LogP contribution in [0.1, 0.15) is 10.4 Å². The number of carbonyl (C=O) groups is 1. The molecule has 0 spiro atoms. The number of fused-ring (bicyclic) bond motifs is 1. The molecule has 0 aliphatic carbocycles. The zero-order chi connectivity index (χ0) is 17.9. The predicted molar refractivity (Wildman–Crippen MR) is 96.3 cm³/mol. The monoisotopic (exact) mass is 344 g/mol. The Balaban J connectivity index is 1.69. The van der Waals surface area contributed by atoms with E-state index in [0.717, 1.165) is 11.0 Å². The lowest BCUT2D eigenvalue weighted by Crippen LogP contribution is -2.09. The van der Waals surface area contributed by atoms with Crippen LogP contribution in [0, 0.1) is 5.82 Å². The number of halogens is 1. The van der Waals surface area contributed by atoms with Gasteiger partial charge >= 0.3 is 5.97 Å². The van der Waals surface area contributed by atoms with Crippen molar-refractivity contribution in [2.24, 2.45) is 0 Å². The topological polar surface area (TPSA) is 52.1 Å². The lowest BCUT2D eigenvalue weighted by molar-refractivity contribution is 0.0735. The quantitative estimate of drug-likeness (QED) is 0.401. The minimum absolute atomic E-state index is 0.269. The summed E-state index contributed by atoms with van der Waals surface area (Å²) in [5, 5.41) is 0. The molecule has 0 aliphatic rings. The summed E-state index contributed by atoms with van der Waals surface area (Å²) in [6.45, 7) is 0. The van der Waals surface area contributed by atoms with Crippen LogP contribution < -0.4 is 4.74 Å². The third-order valence-electron chi connectivity index (χ3n) is 3.89. The highest BCUT2D eigenvalue weighted by Gasteiger charge is 2.14. The first-order valence-electron chi connectivity index (χ1n) is 8.00. The molecule has 0 aliphatic heterocycles. The van der Waals surface area contributed by atoms with Gasteiger partial charge in [-0.3, -0.25) is 4.98 Å². The highest BCUT2D eigenvalue weighted by atomic mass is 19.1. The fourth-order valence-corrected chi connectivity index (χ4v) is 2.60. The van der Waals surface area contributed by atoms with Gasteiger partial charge in [0, 0.05) is 5.56 Å². The zero-order valence-corrected chi connectivity index (χ0v) is 13.6. The summed E-state index contributed by atoms with van der Waals surface area (Å²) >= 11 is 0. The molecular formula is C21H13FN2O2. The fourth-order valence-electron chi connectivity index (χ4n) is 2.60. The molecule has 0 bridgehead atoms. The molecule has 26 heavy (non-hydrogen) atoms. The smallest absolute Gasteiger partial charge is 0.343 e. The highest BCUT2D eigenvalue weighted by Crippen LogP contribution is 2.29. The van der Waals surface area contributed by atoms with Gasteiger partial charge in [0.15, 0.2) is 0 Å². The van der Waals surface area contributed by atoms with Crippen LogP contribution in [0.15, 0.2) is 79.0 Å². The maximum absolute atomic E-state index is 13.0. The summed E-state index contributed by atoms with van der Waals surface area (Å²) in [5.74, 6) is -0.606. The molecule has 4 nitrogen and oxygen atoms in total. The van der Waals surface area contributed by atoms with Crippen LogP contribution >= 0.6 is 0 Å². The van der Waals surface area contributed by atoms with E-state index in [4.69, 9.17) is 4.74 Å². The molecule has 0 atom stereocenters. The lowest BCUT2D eigenvalue weighted by Gasteiger charge is -2.10. The van der Waals surface area contributed by atoms with Gasteiger partial charge in [-0.05, 0) is 48.5 Å².